The summed E-state index contributed by atoms with van der Waals surface area (Å²) in [5.74, 6) is 0.507. The Morgan fingerprint density at radius 3 is 2.73 bits per heavy atom. The Balaban J connectivity index is 1.59. The highest BCUT2D eigenvalue weighted by atomic mass is 16.1. The second kappa shape index (κ2) is 7.74. The van der Waals surface area contributed by atoms with Crippen molar-refractivity contribution in [3.63, 3.8) is 0 Å². The van der Waals surface area contributed by atoms with Gasteiger partial charge in [0, 0.05) is 31.5 Å². The first-order valence-corrected chi connectivity index (χ1v) is 8.58. The van der Waals surface area contributed by atoms with E-state index in [1.54, 1.807) is 17.0 Å². The number of rotatable bonds is 5. The fraction of sp³-hybridized carbons (Fsp3) is 0.750. The van der Waals surface area contributed by atoms with Crippen molar-refractivity contribution in [2.24, 2.45) is 0 Å². The van der Waals surface area contributed by atoms with Gasteiger partial charge in [-0.3, -0.25) is 4.79 Å². The van der Waals surface area contributed by atoms with E-state index in [-0.39, 0.29) is 5.56 Å². The maximum Gasteiger partial charge on any atom is 0.293 e. The molecule has 1 aromatic heterocycles. The van der Waals surface area contributed by atoms with Crippen molar-refractivity contribution in [2.45, 2.75) is 44.7 Å². The van der Waals surface area contributed by atoms with Crippen molar-refractivity contribution in [1.29, 1.82) is 0 Å². The zero-order valence-electron chi connectivity index (χ0n) is 13.3. The van der Waals surface area contributed by atoms with Crippen molar-refractivity contribution in [1.82, 2.24) is 19.8 Å². The number of nitrogens with zero attached hydrogens (tertiary/aromatic N) is 3. The van der Waals surface area contributed by atoms with Crippen LogP contribution in [0.5, 0.6) is 0 Å². The van der Waals surface area contributed by atoms with Gasteiger partial charge in [0.15, 0.2) is 5.82 Å². The van der Waals surface area contributed by atoms with Crippen LogP contribution in [0.4, 0.5) is 5.82 Å². The van der Waals surface area contributed by atoms with Gasteiger partial charge in [-0.05, 0) is 51.9 Å². The topological polar surface area (TPSA) is 62.2 Å². The lowest BCUT2D eigenvalue weighted by atomic mass is 10.1. The van der Waals surface area contributed by atoms with Crippen LogP contribution in [0.15, 0.2) is 17.2 Å². The summed E-state index contributed by atoms with van der Waals surface area (Å²) >= 11 is 0. The molecule has 2 aliphatic heterocycles. The van der Waals surface area contributed by atoms with E-state index in [0.717, 1.165) is 39.0 Å². The summed E-state index contributed by atoms with van der Waals surface area (Å²) in [4.78, 5) is 19.2. The van der Waals surface area contributed by atoms with E-state index in [0.29, 0.717) is 11.9 Å². The van der Waals surface area contributed by atoms with E-state index in [1.807, 2.05) is 0 Å². The first kappa shape index (κ1) is 15.5. The van der Waals surface area contributed by atoms with Crippen LogP contribution in [0.2, 0.25) is 0 Å². The zero-order valence-corrected chi connectivity index (χ0v) is 13.3. The molecule has 0 radical (unpaired) electrons. The number of nitrogens with one attached hydrogen (secondary N) is 2. The molecule has 6 nitrogen and oxygen atoms in total. The number of hydrogen-bond donors (Lipinski definition) is 2. The Kier molecular flexibility index (Phi) is 5.45. The van der Waals surface area contributed by atoms with Crippen molar-refractivity contribution < 1.29 is 0 Å². The zero-order chi connectivity index (χ0) is 15.2. The van der Waals surface area contributed by atoms with Crippen LogP contribution >= 0.6 is 0 Å². The predicted octanol–water partition coefficient (Wildman–Crippen LogP) is 0.893. The molecule has 0 spiro atoms. The van der Waals surface area contributed by atoms with E-state index in [9.17, 15) is 4.79 Å². The molecule has 0 amide bonds. The van der Waals surface area contributed by atoms with Gasteiger partial charge in [0.2, 0.25) is 0 Å². The number of piperidine rings is 2. The molecule has 2 saturated heterocycles. The van der Waals surface area contributed by atoms with Gasteiger partial charge in [-0.1, -0.05) is 6.42 Å². The molecule has 3 rings (SSSR count). The second-order valence-corrected chi connectivity index (χ2v) is 6.35. The maximum absolute atomic E-state index is 12.5. The first-order valence-electron chi connectivity index (χ1n) is 8.58. The SMILES string of the molecule is O=c1c(NC2CCNCC2)nccn1CCN1CCCCC1. The standard InChI is InChI=1S/C16H27N5O/c22-16-15(19-14-4-6-17-7-5-14)18-8-11-21(16)13-12-20-9-2-1-3-10-20/h8,11,14,17H,1-7,9-10,12-13H2,(H,18,19). The van der Waals surface area contributed by atoms with Gasteiger partial charge in [0.1, 0.15) is 0 Å². The van der Waals surface area contributed by atoms with Gasteiger partial charge in [0.25, 0.3) is 5.56 Å². The summed E-state index contributed by atoms with van der Waals surface area (Å²) in [6.07, 6.45) is 9.55. The van der Waals surface area contributed by atoms with E-state index in [2.05, 4.69) is 20.5 Å². The van der Waals surface area contributed by atoms with Crippen molar-refractivity contribution >= 4 is 5.82 Å². The summed E-state index contributed by atoms with van der Waals surface area (Å²) in [5.41, 5.74) is 0.0121. The van der Waals surface area contributed by atoms with Crippen LogP contribution in [-0.4, -0.2) is 53.2 Å². The Bertz CT molecular complexity index is 518. The van der Waals surface area contributed by atoms with E-state index in [1.165, 1.54) is 32.4 Å². The molecule has 0 bridgehead atoms. The molecule has 0 unspecified atom stereocenters. The highest BCUT2D eigenvalue weighted by molar-refractivity contribution is 5.32. The average molecular weight is 305 g/mol. The lowest BCUT2D eigenvalue weighted by Crippen LogP contribution is -2.38. The van der Waals surface area contributed by atoms with Gasteiger partial charge >= 0.3 is 0 Å². The molecule has 22 heavy (non-hydrogen) atoms. The molecule has 2 N–H and O–H groups in total. The van der Waals surface area contributed by atoms with Crippen LogP contribution in [0, 0.1) is 0 Å². The summed E-state index contributed by atoms with van der Waals surface area (Å²) in [5, 5.41) is 6.66. The predicted molar refractivity (Wildman–Crippen MR) is 88.3 cm³/mol. The molecule has 122 valence electrons. The summed E-state index contributed by atoms with van der Waals surface area (Å²) in [6.45, 7) is 6.06. The molecular formula is C16H27N5O. The van der Waals surface area contributed by atoms with Gasteiger partial charge < -0.3 is 20.1 Å². The molecule has 2 aliphatic rings. The first-order chi connectivity index (χ1) is 10.8. The van der Waals surface area contributed by atoms with Gasteiger partial charge in [-0.25, -0.2) is 4.98 Å². The van der Waals surface area contributed by atoms with Crippen LogP contribution in [0.1, 0.15) is 32.1 Å². The van der Waals surface area contributed by atoms with Gasteiger partial charge in [-0.15, -0.1) is 0 Å². The van der Waals surface area contributed by atoms with Crippen molar-refractivity contribution in [3.8, 4) is 0 Å². The molecular weight excluding hydrogens is 278 g/mol. The summed E-state index contributed by atoms with van der Waals surface area (Å²) in [6, 6.07) is 0.361. The van der Waals surface area contributed by atoms with E-state index >= 15 is 0 Å². The smallest absolute Gasteiger partial charge is 0.293 e. The number of aromatic nitrogens is 2. The molecule has 1 aromatic rings. The molecule has 0 saturated carbocycles. The normalized spacial score (nSPS) is 20.9. The summed E-state index contributed by atoms with van der Waals surface area (Å²) < 4.78 is 1.80. The van der Waals surface area contributed by atoms with E-state index in [4.69, 9.17) is 0 Å². The number of anilines is 1. The minimum atomic E-state index is 0.0121. The largest absolute Gasteiger partial charge is 0.363 e. The minimum Gasteiger partial charge on any atom is -0.363 e. The van der Waals surface area contributed by atoms with E-state index < -0.39 is 0 Å². The molecule has 0 aromatic carbocycles. The van der Waals surface area contributed by atoms with Crippen LogP contribution in [-0.2, 0) is 6.54 Å². The highest BCUT2D eigenvalue weighted by Crippen LogP contribution is 2.09. The average Bonchev–Trinajstić information content (AvgIpc) is 2.58. The highest BCUT2D eigenvalue weighted by Gasteiger charge is 2.16. The molecule has 3 heterocycles. The molecule has 2 fully saturated rings. The van der Waals surface area contributed by atoms with Crippen LogP contribution < -0.4 is 16.2 Å². The second-order valence-electron chi connectivity index (χ2n) is 6.35. The third kappa shape index (κ3) is 4.08. The summed E-state index contributed by atoms with van der Waals surface area (Å²) in [7, 11) is 0. The molecule has 0 atom stereocenters. The lowest BCUT2D eigenvalue weighted by Gasteiger charge is -2.26. The quantitative estimate of drug-likeness (QED) is 0.846. The van der Waals surface area contributed by atoms with Crippen LogP contribution in [0.3, 0.4) is 0 Å². The Morgan fingerprint density at radius 2 is 1.95 bits per heavy atom. The van der Waals surface area contributed by atoms with Crippen molar-refractivity contribution in [2.75, 3.05) is 38.0 Å². The molecule has 6 heteroatoms. The Labute approximate surface area is 131 Å². The Morgan fingerprint density at radius 1 is 1.18 bits per heavy atom. The maximum atomic E-state index is 12.5. The minimum absolute atomic E-state index is 0.0121. The third-order valence-corrected chi connectivity index (χ3v) is 4.70. The fourth-order valence-electron chi connectivity index (χ4n) is 3.31. The third-order valence-electron chi connectivity index (χ3n) is 4.70. The lowest BCUT2D eigenvalue weighted by molar-refractivity contribution is 0.220. The van der Waals surface area contributed by atoms with Crippen molar-refractivity contribution in [3.05, 3.63) is 22.7 Å². The number of likely N-dealkylation sites (tertiary alicyclic amines) is 1. The number of hydrogen-bond acceptors (Lipinski definition) is 5. The van der Waals surface area contributed by atoms with Crippen LogP contribution in [0.25, 0.3) is 0 Å². The van der Waals surface area contributed by atoms with Gasteiger partial charge in [-0.2, -0.15) is 0 Å². The fourth-order valence-corrected chi connectivity index (χ4v) is 3.31. The van der Waals surface area contributed by atoms with Gasteiger partial charge in [0.05, 0.1) is 0 Å². The Hall–Kier alpha value is -1.40. The molecule has 0 aliphatic carbocycles. The monoisotopic (exact) mass is 305 g/mol.